The molecule has 1 heterocycles. The Bertz CT molecular complexity index is 680. The molecule has 0 aromatic rings. The van der Waals surface area contributed by atoms with Crippen molar-refractivity contribution in [2.75, 3.05) is 7.11 Å². The summed E-state index contributed by atoms with van der Waals surface area (Å²) in [6, 6.07) is 0. The summed E-state index contributed by atoms with van der Waals surface area (Å²) in [7, 11) is 1.40. The van der Waals surface area contributed by atoms with Crippen molar-refractivity contribution in [3.8, 4) is 0 Å². The molecule has 212 valence electrons. The Kier molecular flexibility index (Phi) is 13.5. The molecular formula is C28H52O8. The number of ether oxygens (including phenoxy) is 4. The molecular weight excluding hydrogens is 464 g/mol. The van der Waals surface area contributed by atoms with Gasteiger partial charge in [-0.2, -0.15) is 0 Å². The number of cyclic esters (lactones) is 1. The average molecular weight is 517 g/mol. The van der Waals surface area contributed by atoms with Gasteiger partial charge in [-0.05, 0) is 64.7 Å². The van der Waals surface area contributed by atoms with Crippen LogP contribution in [0.25, 0.3) is 0 Å². The van der Waals surface area contributed by atoms with Gasteiger partial charge in [0.05, 0.1) is 17.6 Å². The van der Waals surface area contributed by atoms with Gasteiger partial charge < -0.3 is 29.2 Å². The van der Waals surface area contributed by atoms with E-state index in [1.807, 2.05) is 34.6 Å². The first-order valence-corrected chi connectivity index (χ1v) is 13.7. The van der Waals surface area contributed by atoms with E-state index in [1.165, 1.54) is 7.11 Å². The van der Waals surface area contributed by atoms with Crippen molar-refractivity contribution in [3.63, 3.8) is 0 Å². The summed E-state index contributed by atoms with van der Waals surface area (Å²) in [6.07, 6.45) is -0.995. The first kappa shape index (κ1) is 33.0. The highest BCUT2D eigenvalue weighted by Gasteiger charge is 2.41. The first-order chi connectivity index (χ1) is 16.7. The standard InChI is InChI=1S/C28H52O8/c1-11-22-28(9,32)15-19(6)24(29)17(4)13-16(3)14-18(5)25(20(7)26(30)35-22)36-23(12-2)34-21(8)27(31)33-10/h16-23,25,27,31-32H,11-15H2,1-10H3/t16?,17-,18?,19-,20?,21+,22?,23?,25?,27?,28+/m1/s1. The Morgan fingerprint density at radius 3 is 2.22 bits per heavy atom. The van der Waals surface area contributed by atoms with Gasteiger partial charge in [0, 0.05) is 18.9 Å². The number of rotatable bonds is 8. The third kappa shape index (κ3) is 9.35. The molecule has 7 unspecified atom stereocenters. The summed E-state index contributed by atoms with van der Waals surface area (Å²) >= 11 is 0. The van der Waals surface area contributed by atoms with Crippen molar-refractivity contribution in [1.82, 2.24) is 0 Å². The summed E-state index contributed by atoms with van der Waals surface area (Å²) in [5.41, 5.74) is -1.34. The average Bonchev–Trinajstić information content (AvgIpc) is 2.81. The largest absolute Gasteiger partial charge is 0.459 e. The number of carbonyl (C=O) groups excluding carboxylic acids is 2. The minimum absolute atomic E-state index is 0.0360. The van der Waals surface area contributed by atoms with E-state index in [9.17, 15) is 19.8 Å². The second-order valence-corrected chi connectivity index (χ2v) is 11.3. The Balaban J connectivity index is 3.29. The van der Waals surface area contributed by atoms with E-state index in [4.69, 9.17) is 18.9 Å². The zero-order valence-electron chi connectivity index (χ0n) is 24.2. The van der Waals surface area contributed by atoms with Gasteiger partial charge in [-0.15, -0.1) is 0 Å². The van der Waals surface area contributed by atoms with Gasteiger partial charge in [0.2, 0.25) is 0 Å². The first-order valence-electron chi connectivity index (χ1n) is 13.7. The van der Waals surface area contributed by atoms with Crippen LogP contribution in [-0.2, 0) is 28.5 Å². The van der Waals surface area contributed by atoms with Gasteiger partial charge in [-0.1, -0.05) is 41.5 Å². The Hall–Kier alpha value is -1.06. The lowest BCUT2D eigenvalue weighted by atomic mass is 9.78. The predicted molar refractivity (Wildman–Crippen MR) is 138 cm³/mol. The van der Waals surface area contributed by atoms with Crippen molar-refractivity contribution in [2.24, 2.45) is 29.6 Å². The number of aliphatic hydroxyl groups is 2. The molecule has 1 saturated heterocycles. The molecule has 1 rings (SSSR count). The van der Waals surface area contributed by atoms with Crippen LogP contribution >= 0.6 is 0 Å². The van der Waals surface area contributed by atoms with Crippen molar-refractivity contribution < 1.29 is 38.7 Å². The fraction of sp³-hybridized carbons (Fsp3) is 0.929. The summed E-state index contributed by atoms with van der Waals surface area (Å²) in [6.45, 7) is 16.9. The van der Waals surface area contributed by atoms with Crippen LogP contribution < -0.4 is 0 Å². The minimum Gasteiger partial charge on any atom is -0.459 e. The highest BCUT2D eigenvalue weighted by atomic mass is 16.7. The molecule has 36 heavy (non-hydrogen) atoms. The summed E-state index contributed by atoms with van der Waals surface area (Å²) in [4.78, 5) is 26.4. The topological polar surface area (TPSA) is 112 Å². The highest BCUT2D eigenvalue weighted by molar-refractivity contribution is 5.82. The molecule has 0 aromatic carbocycles. The number of methoxy groups -OCH3 is 1. The second-order valence-electron chi connectivity index (χ2n) is 11.3. The van der Waals surface area contributed by atoms with Gasteiger partial charge in [-0.25, -0.2) is 0 Å². The number of ketones is 1. The van der Waals surface area contributed by atoms with Crippen molar-refractivity contribution in [2.45, 2.75) is 131 Å². The molecule has 0 bridgehead atoms. The molecule has 1 fully saturated rings. The maximum Gasteiger partial charge on any atom is 0.311 e. The number of carbonyl (C=O) groups is 2. The second kappa shape index (κ2) is 14.8. The maximum atomic E-state index is 13.3. The fourth-order valence-corrected chi connectivity index (χ4v) is 5.60. The van der Waals surface area contributed by atoms with E-state index in [2.05, 4.69) is 6.92 Å². The molecule has 0 aromatic heterocycles. The van der Waals surface area contributed by atoms with Crippen LogP contribution in [-0.4, -0.2) is 65.6 Å². The molecule has 8 heteroatoms. The lowest BCUT2D eigenvalue weighted by Crippen LogP contribution is -2.47. The fourth-order valence-electron chi connectivity index (χ4n) is 5.60. The minimum atomic E-state index is -1.34. The summed E-state index contributed by atoms with van der Waals surface area (Å²) < 4.78 is 23.1. The molecule has 1 aliphatic rings. The number of aliphatic hydroxyl groups excluding tert-OH is 1. The predicted octanol–water partition coefficient (Wildman–Crippen LogP) is 4.48. The van der Waals surface area contributed by atoms with Crippen LogP contribution in [0.4, 0.5) is 0 Å². The molecule has 0 aliphatic carbocycles. The molecule has 2 N–H and O–H groups in total. The highest BCUT2D eigenvalue weighted by Crippen LogP contribution is 2.33. The molecule has 0 amide bonds. The molecule has 0 spiro atoms. The van der Waals surface area contributed by atoms with Crippen molar-refractivity contribution in [1.29, 1.82) is 0 Å². The van der Waals surface area contributed by atoms with E-state index in [-0.39, 0.29) is 35.9 Å². The monoisotopic (exact) mass is 516 g/mol. The lowest BCUT2D eigenvalue weighted by Gasteiger charge is -2.38. The SMILES string of the molecule is CCC(OC1C(C)CC(C)C[C@@H](C)C(=O)[C@H](C)C[C@](C)(O)C(CC)OC(=O)C1C)O[C@@H](C)C(O)OC. The van der Waals surface area contributed by atoms with Crippen LogP contribution in [0.5, 0.6) is 0 Å². The quantitative estimate of drug-likeness (QED) is 0.359. The van der Waals surface area contributed by atoms with Gasteiger partial charge >= 0.3 is 5.97 Å². The van der Waals surface area contributed by atoms with Crippen LogP contribution in [0.1, 0.15) is 94.4 Å². The van der Waals surface area contributed by atoms with Gasteiger partial charge in [0.15, 0.2) is 12.6 Å². The number of hydrogen-bond acceptors (Lipinski definition) is 8. The third-order valence-corrected chi connectivity index (χ3v) is 7.62. The molecule has 8 nitrogen and oxygen atoms in total. The van der Waals surface area contributed by atoms with Crippen molar-refractivity contribution >= 4 is 11.8 Å². The van der Waals surface area contributed by atoms with Crippen LogP contribution in [0, 0.1) is 29.6 Å². The van der Waals surface area contributed by atoms with Gasteiger partial charge in [0.25, 0.3) is 0 Å². The van der Waals surface area contributed by atoms with Crippen molar-refractivity contribution in [3.05, 3.63) is 0 Å². The molecule has 11 atom stereocenters. The third-order valence-electron chi connectivity index (χ3n) is 7.62. The van der Waals surface area contributed by atoms with E-state index < -0.39 is 48.4 Å². The molecule has 0 saturated carbocycles. The van der Waals surface area contributed by atoms with Crippen LogP contribution in [0.15, 0.2) is 0 Å². The van der Waals surface area contributed by atoms with Crippen LogP contribution in [0.3, 0.4) is 0 Å². The van der Waals surface area contributed by atoms with Gasteiger partial charge in [0.1, 0.15) is 18.0 Å². The number of hydrogen-bond donors (Lipinski definition) is 2. The normalized spacial score (nSPS) is 38.1. The Morgan fingerprint density at radius 1 is 1.08 bits per heavy atom. The molecule has 1 aliphatic heterocycles. The Morgan fingerprint density at radius 2 is 1.69 bits per heavy atom. The van der Waals surface area contributed by atoms with Gasteiger partial charge in [-0.3, -0.25) is 9.59 Å². The zero-order valence-corrected chi connectivity index (χ0v) is 24.2. The van der Waals surface area contributed by atoms with E-state index in [1.54, 1.807) is 20.8 Å². The summed E-state index contributed by atoms with van der Waals surface area (Å²) in [5.74, 6) is -1.22. The maximum absolute atomic E-state index is 13.3. The van der Waals surface area contributed by atoms with E-state index in [0.717, 1.165) is 12.8 Å². The number of Topliss-reactive ketones (excluding diaryl/α,β-unsaturated/α-hetero) is 1. The van der Waals surface area contributed by atoms with E-state index >= 15 is 0 Å². The molecule has 0 radical (unpaired) electrons. The number of esters is 1. The lowest BCUT2D eigenvalue weighted by molar-refractivity contribution is -0.254. The van der Waals surface area contributed by atoms with Crippen LogP contribution in [0.2, 0.25) is 0 Å². The zero-order chi connectivity index (χ0) is 27.8. The summed E-state index contributed by atoms with van der Waals surface area (Å²) in [5, 5.41) is 21.2. The van der Waals surface area contributed by atoms with E-state index in [0.29, 0.717) is 12.8 Å². The Labute approximate surface area is 218 Å². The smallest absolute Gasteiger partial charge is 0.311 e.